The first-order chi connectivity index (χ1) is 6.13. The Hall–Kier alpha value is -0.360. The molecule has 1 rings (SSSR count). The maximum atomic E-state index is 10.5. The van der Waals surface area contributed by atoms with E-state index in [9.17, 15) is 4.79 Å². The normalized spacial score (nSPS) is 27.1. The van der Waals surface area contributed by atoms with Gasteiger partial charge < -0.3 is 9.29 Å². The molecule has 13 heavy (non-hydrogen) atoms. The van der Waals surface area contributed by atoms with Gasteiger partial charge in [0.2, 0.25) is 0 Å². The fourth-order valence-corrected chi connectivity index (χ4v) is 2.52. The molecular weight excluding hydrogens is 210 g/mol. The van der Waals surface area contributed by atoms with Crippen LogP contribution in [-0.2, 0) is 8.98 Å². The molecule has 6 heteroatoms. The molecule has 0 spiro atoms. The largest absolute Gasteiger partial charge is 0.481 e. The van der Waals surface area contributed by atoms with Crippen LogP contribution in [0.3, 0.4) is 0 Å². The first-order valence-electron chi connectivity index (χ1n) is 3.80. The number of carboxylic acids is 1. The third-order valence-corrected chi connectivity index (χ3v) is 3.31. The summed E-state index contributed by atoms with van der Waals surface area (Å²) in [5, 5.41) is 9.20. The number of rotatable bonds is 3. The van der Waals surface area contributed by atoms with Gasteiger partial charge in [-0.2, -0.15) is 0 Å². The predicted octanol–water partition coefficient (Wildman–Crippen LogP) is 1.62. The number of nitrogens with zero attached hydrogens (tertiary/aromatic N) is 1. The second-order valence-electron chi connectivity index (χ2n) is 2.64. The third kappa shape index (κ3) is 3.11. The summed E-state index contributed by atoms with van der Waals surface area (Å²) in [6.07, 6.45) is 1.94. The molecule has 0 fully saturated rings. The monoisotopic (exact) mass is 221 g/mol. The number of hydrogen-bond acceptors (Lipinski definition) is 5. The smallest absolute Gasteiger partial charge is 0.304 e. The second kappa shape index (κ2) is 4.76. The molecule has 74 valence electrons. The summed E-state index contributed by atoms with van der Waals surface area (Å²) in [6.45, 7) is 1.90. The van der Waals surface area contributed by atoms with Gasteiger partial charge in [0.1, 0.15) is 0 Å². The first-order valence-corrected chi connectivity index (χ1v) is 5.83. The molecule has 1 heterocycles. The van der Waals surface area contributed by atoms with E-state index in [-0.39, 0.29) is 17.7 Å². The van der Waals surface area contributed by atoms with E-state index in [1.165, 1.54) is 23.8 Å². The van der Waals surface area contributed by atoms with E-state index < -0.39 is 5.97 Å². The topological polar surface area (TPSA) is 58.9 Å². The Balaban J connectivity index is 2.44. The van der Waals surface area contributed by atoms with Crippen molar-refractivity contribution in [3.8, 4) is 0 Å². The summed E-state index contributed by atoms with van der Waals surface area (Å²) in [7, 11) is 0. The van der Waals surface area contributed by atoms with E-state index >= 15 is 0 Å². The van der Waals surface area contributed by atoms with Gasteiger partial charge in [0.15, 0.2) is 0 Å². The van der Waals surface area contributed by atoms with E-state index in [0.29, 0.717) is 5.23 Å². The minimum absolute atomic E-state index is 0.0136. The number of hydrogen-bond donors (Lipinski definition) is 1. The average molecular weight is 221 g/mol. The molecule has 0 amide bonds. The van der Waals surface area contributed by atoms with Crippen LogP contribution in [0.5, 0.6) is 0 Å². The summed E-state index contributed by atoms with van der Waals surface area (Å²) < 4.78 is 5.12. The van der Waals surface area contributed by atoms with Crippen LogP contribution in [0.2, 0.25) is 0 Å². The van der Waals surface area contributed by atoms with Crippen molar-refractivity contribution in [3.63, 3.8) is 0 Å². The molecule has 0 aliphatic carbocycles. The van der Waals surface area contributed by atoms with E-state index in [1.807, 2.05) is 6.92 Å². The Bertz CT molecular complexity index is 232. The zero-order valence-corrected chi connectivity index (χ0v) is 9.02. The average Bonchev–Trinajstić information content (AvgIpc) is 2.31. The van der Waals surface area contributed by atoms with Crippen LogP contribution >= 0.6 is 23.8 Å². The molecular formula is C7H11NO3S2. The molecule has 0 aromatic carbocycles. The number of carboxylic acid groups (broad SMARTS) is 1. The fourth-order valence-electron chi connectivity index (χ4n) is 1.00. The lowest BCUT2D eigenvalue weighted by Gasteiger charge is -2.08. The Kier molecular flexibility index (Phi) is 3.92. The van der Waals surface area contributed by atoms with Crippen LogP contribution in [0.25, 0.3) is 0 Å². The number of aliphatic imine (C=N–C) groups is 1. The predicted molar refractivity (Wildman–Crippen MR) is 55.1 cm³/mol. The van der Waals surface area contributed by atoms with Crippen molar-refractivity contribution in [3.05, 3.63) is 0 Å². The quantitative estimate of drug-likeness (QED) is 0.734. The number of carbonyl (C=O) groups is 1. The maximum absolute atomic E-state index is 10.5. The lowest BCUT2D eigenvalue weighted by Crippen LogP contribution is -2.17. The molecule has 0 saturated carbocycles. The van der Waals surface area contributed by atoms with E-state index in [1.54, 1.807) is 6.26 Å². The third-order valence-electron chi connectivity index (χ3n) is 1.63. The van der Waals surface area contributed by atoms with Crippen LogP contribution in [0, 0.1) is 0 Å². The molecule has 1 aliphatic rings. The molecule has 2 unspecified atom stereocenters. The van der Waals surface area contributed by atoms with Crippen molar-refractivity contribution in [2.75, 3.05) is 6.26 Å². The number of thioether (sulfide) groups is 1. The van der Waals surface area contributed by atoms with Crippen molar-refractivity contribution in [2.45, 2.75) is 24.6 Å². The van der Waals surface area contributed by atoms with Crippen LogP contribution in [0.1, 0.15) is 13.3 Å². The highest BCUT2D eigenvalue weighted by molar-refractivity contribution is 8.15. The molecule has 0 radical (unpaired) electrons. The first kappa shape index (κ1) is 10.7. The molecule has 1 N–H and O–H groups in total. The molecule has 0 aromatic heterocycles. The summed E-state index contributed by atoms with van der Waals surface area (Å²) in [5.41, 5.74) is 0. The van der Waals surface area contributed by atoms with Crippen molar-refractivity contribution in [1.82, 2.24) is 0 Å². The van der Waals surface area contributed by atoms with E-state index in [4.69, 9.17) is 9.29 Å². The van der Waals surface area contributed by atoms with E-state index in [0.717, 1.165) is 0 Å². The summed E-state index contributed by atoms with van der Waals surface area (Å²) in [4.78, 5) is 14.6. The van der Waals surface area contributed by atoms with Gasteiger partial charge in [0, 0.05) is 11.5 Å². The lowest BCUT2D eigenvalue weighted by atomic mass is 10.2. The molecule has 1 aliphatic heterocycles. The minimum atomic E-state index is -0.787. The fraction of sp³-hybridized carbons (Fsp3) is 0.714. The molecule has 0 bridgehead atoms. The maximum Gasteiger partial charge on any atom is 0.304 e. The Morgan fingerprint density at radius 1 is 1.85 bits per heavy atom. The van der Waals surface area contributed by atoms with Gasteiger partial charge in [-0.1, -0.05) is 11.8 Å². The van der Waals surface area contributed by atoms with Crippen LogP contribution in [-0.4, -0.2) is 33.9 Å². The lowest BCUT2D eigenvalue weighted by molar-refractivity contribution is -0.137. The highest BCUT2D eigenvalue weighted by Crippen LogP contribution is 2.31. The van der Waals surface area contributed by atoms with Gasteiger partial charge in [-0.25, -0.2) is 4.99 Å². The molecule has 0 saturated heterocycles. The Labute approximate surface area is 85.3 Å². The van der Waals surface area contributed by atoms with Gasteiger partial charge in [-0.15, -0.1) is 0 Å². The SMILES string of the molecule is CSOC1=NC(C)C(CC(=O)O)S1. The highest BCUT2D eigenvalue weighted by Gasteiger charge is 2.29. The summed E-state index contributed by atoms with van der Waals surface area (Å²) in [5.74, 6) is -0.787. The van der Waals surface area contributed by atoms with Gasteiger partial charge in [0.05, 0.1) is 24.5 Å². The van der Waals surface area contributed by atoms with Crippen LogP contribution < -0.4 is 0 Å². The van der Waals surface area contributed by atoms with E-state index in [2.05, 4.69) is 4.99 Å². The Morgan fingerprint density at radius 3 is 3.08 bits per heavy atom. The molecule has 2 atom stereocenters. The van der Waals surface area contributed by atoms with Crippen molar-refractivity contribution in [1.29, 1.82) is 0 Å². The highest BCUT2D eigenvalue weighted by atomic mass is 32.2. The van der Waals surface area contributed by atoms with Gasteiger partial charge in [0.25, 0.3) is 5.23 Å². The zero-order valence-electron chi connectivity index (χ0n) is 7.39. The zero-order chi connectivity index (χ0) is 9.84. The standard InChI is InChI=1S/C7H11NO3S2/c1-4-5(3-6(9)10)13-7(8-4)11-12-2/h4-5H,3H2,1-2H3,(H,9,10). The van der Waals surface area contributed by atoms with Crippen LogP contribution in [0.4, 0.5) is 0 Å². The molecule has 0 aromatic rings. The summed E-state index contributed by atoms with van der Waals surface area (Å²) in [6, 6.07) is 0.0308. The molecule has 4 nitrogen and oxygen atoms in total. The minimum Gasteiger partial charge on any atom is -0.481 e. The van der Waals surface area contributed by atoms with Crippen LogP contribution in [0.15, 0.2) is 4.99 Å². The van der Waals surface area contributed by atoms with Crippen molar-refractivity contribution >= 4 is 35.0 Å². The van der Waals surface area contributed by atoms with Gasteiger partial charge in [-0.05, 0) is 6.92 Å². The van der Waals surface area contributed by atoms with Gasteiger partial charge >= 0.3 is 5.97 Å². The van der Waals surface area contributed by atoms with Gasteiger partial charge in [-0.3, -0.25) is 4.79 Å². The van der Waals surface area contributed by atoms with Crippen molar-refractivity contribution < 1.29 is 14.1 Å². The number of aliphatic carboxylic acids is 1. The second-order valence-corrected chi connectivity index (χ2v) is 4.33. The van der Waals surface area contributed by atoms with Crippen molar-refractivity contribution in [2.24, 2.45) is 4.99 Å². The Morgan fingerprint density at radius 2 is 2.54 bits per heavy atom. The summed E-state index contributed by atoms with van der Waals surface area (Å²) >= 11 is 2.62.